The minimum absolute atomic E-state index is 0.217. The average Bonchev–Trinajstić information content (AvgIpc) is 3.33. The van der Waals surface area contributed by atoms with E-state index in [1.807, 2.05) is 27.7 Å². The van der Waals surface area contributed by atoms with Crippen molar-refractivity contribution < 1.29 is 24.3 Å². The van der Waals surface area contributed by atoms with Crippen LogP contribution >= 0.6 is 0 Å². The minimum atomic E-state index is -1.03. The maximum absolute atomic E-state index is 13.0. The van der Waals surface area contributed by atoms with Crippen LogP contribution in [0.2, 0.25) is 0 Å². The largest absolute Gasteiger partial charge is 0.480 e. The first kappa shape index (κ1) is 24.1. The molecule has 0 spiro atoms. The Morgan fingerprint density at radius 1 is 0.967 bits per heavy atom. The van der Waals surface area contributed by atoms with Gasteiger partial charge in [0, 0.05) is 13.1 Å². The molecule has 30 heavy (non-hydrogen) atoms. The van der Waals surface area contributed by atoms with Gasteiger partial charge in [0.25, 0.3) is 0 Å². The Hall–Kier alpha value is -2.16. The van der Waals surface area contributed by atoms with E-state index in [-0.39, 0.29) is 29.6 Å². The van der Waals surface area contributed by atoms with Crippen molar-refractivity contribution in [1.82, 2.24) is 15.1 Å². The zero-order valence-corrected chi connectivity index (χ0v) is 18.5. The summed E-state index contributed by atoms with van der Waals surface area (Å²) in [4.78, 5) is 53.2. The van der Waals surface area contributed by atoms with E-state index in [9.17, 15) is 24.3 Å². The number of carboxylic acids is 1. The van der Waals surface area contributed by atoms with Gasteiger partial charge in [-0.1, -0.05) is 27.7 Å². The van der Waals surface area contributed by atoms with Crippen LogP contribution in [-0.4, -0.2) is 75.9 Å². The van der Waals surface area contributed by atoms with E-state index in [1.165, 1.54) is 9.80 Å². The lowest BCUT2D eigenvalue weighted by Gasteiger charge is -2.32. The number of hydrogen-bond acceptors (Lipinski definition) is 5. The molecule has 0 unspecified atom stereocenters. The molecular weight excluding hydrogens is 388 g/mol. The van der Waals surface area contributed by atoms with Crippen LogP contribution in [-0.2, 0) is 19.2 Å². The Bertz CT molecular complexity index is 666. The van der Waals surface area contributed by atoms with Gasteiger partial charge >= 0.3 is 5.97 Å². The number of rotatable bonds is 8. The minimum Gasteiger partial charge on any atom is -0.480 e. The third-order valence-corrected chi connectivity index (χ3v) is 5.93. The summed E-state index contributed by atoms with van der Waals surface area (Å²) >= 11 is 0. The summed E-state index contributed by atoms with van der Waals surface area (Å²) in [7, 11) is 0. The van der Waals surface area contributed by atoms with E-state index >= 15 is 0 Å². The van der Waals surface area contributed by atoms with Gasteiger partial charge in [0.05, 0.1) is 6.04 Å². The molecule has 9 nitrogen and oxygen atoms in total. The van der Waals surface area contributed by atoms with E-state index in [2.05, 4.69) is 5.32 Å². The molecule has 0 aromatic heterocycles. The number of hydrogen-bond donors (Lipinski definition) is 3. The van der Waals surface area contributed by atoms with E-state index < -0.39 is 30.1 Å². The number of nitrogens with zero attached hydrogens (tertiary/aromatic N) is 2. The predicted molar refractivity (Wildman–Crippen MR) is 111 cm³/mol. The van der Waals surface area contributed by atoms with Crippen LogP contribution in [0.3, 0.4) is 0 Å². The SMILES string of the molecule is CC(C)C[C@H](N)C(=O)N1CCC[C@H]1C(=O)N[C@H](C(=O)N1CCC[C@H]1C(=O)O)C(C)C. The summed E-state index contributed by atoms with van der Waals surface area (Å²) in [6.07, 6.45) is 2.80. The smallest absolute Gasteiger partial charge is 0.326 e. The summed E-state index contributed by atoms with van der Waals surface area (Å²) in [5.41, 5.74) is 6.05. The zero-order chi connectivity index (χ0) is 22.6. The average molecular weight is 425 g/mol. The van der Waals surface area contributed by atoms with Crippen LogP contribution < -0.4 is 11.1 Å². The zero-order valence-electron chi connectivity index (χ0n) is 18.5. The number of likely N-dealkylation sites (tertiary alicyclic amines) is 2. The van der Waals surface area contributed by atoms with Crippen molar-refractivity contribution in [2.24, 2.45) is 17.6 Å². The molecule has 2 fully saturated rings. The fraction of sp³-hybridized carbons (Fsp3) is 0.810. The summed E-state index contributed by atoms with van der Waals surface area (Å²) in [5, 5.41) is 12.2. The highest BCUT2D eigenvalue weighted by molar-refractivity contribution is 5.94. The van der Waals surface area contributed by atoms with E-state index in [4.69, 9.17) is 5.73 Å². The van der Waals surface area contributed by atoms with Gasteiger partial charge in [0.15, 0.2) is 0 Å². The molecule has 0 aromatic rings. The normalized spacial score (nSPS) is 23.7. The maximum Gasteiger partial charge on any atom is 0.326 e. The molecule has 0 bridgehead atoms. The van der Waals surface area contributed by atoms with Gasteiger partial charge in [0.1, 0.15) is 18.1 Å². The second kappa shape index (κ2) is 10.2. The van der Waals surface area contributed by atoms with Gasteiger partial charge < -0.3 is 26.0 Å². The van der Waals surface area contributed by atoms with Gasteiger partial charge in [-0.15, -0.1) is 0 Å². The monoisotopic (exact) mass is 424 g/mol. The molecule has 2 aliphatic heterocycles. The molecule has 2 aliphatic rings. The van der Waals surface area contributed by atoms with E-state index in [0.29, 0.717) is 45.2 Å². The quantitative estimate of drug-likeness (QED) is 0.522. The van der Waals surface area contributed by atoms with Gasteiger partial charge in [-0.2, -0.15) is 0 Å². The fourth-order valence-corrected chi connectivity index (χ4v) is 4.35. The highest BCUT2D eigenvalue weighted by Gasteiger charge is 2.41. The first-order valence-electron chi connectivity index (χ1n) is 10.9. The molecule has 0 aliphatic carbocycles. The van der Waals surface area contributed by atoms with Crippen molar-refractivity contribution in [2.45, 2.75) is 84.0 Å². The summed E-state index contributed by atoms with van der Waals surface area (Å²) in [6, 6.07) is -2.99. The molecule has 0 aromatic carbocycles. The van der Waals surface area contributed by atoms with Crippen LogP contribution in [0.5, 0.6) is 0 Å². The van der Waals surface area contributed by atoms with E-state index in [1.54, 1.807) is 0 Å². The van der Waals surface area contributed by atoms with Crippen LogP contribution in [0.25, 0.3) is 0 Å². The first-order valence-corrected chi connectivity index (χ1v) is 10.9. The van der Waals surface area contributed by atoms with Crippen LogP contribution in [0.1, 0.15) is 59.8 Å². The van der Waals surface area contributed by atoms with Crippen molar-refractivity contribution in [2.75, 3.05) is 13.1 Å². The van der Waals surface area contributed by atoms with Crippen molar-refractivity contribution in [3.05, 3.63) is 0 Å². The first-order chi connectivity index (χ1) is 14.0. The summed E-state index contributed by atoms with van der Waals surface area (Å²) in [5.74, 6) is -1.97. The highest BCUT2D eigenvalue weighted by atomic mass is 16.4. The molecule has 0 saturated carbocycles. The third kappa shape index (κ3) is 5.50. The van der Waals surface area contributed by atoms with Gasteiger partial charge in [-0.3, -0.25) is 14.4 Å². The molecule has 2 heterocycles. The number of nitrogens with one attached hydrogen (secondary N) is 1. The highest BCUT2D eigenvalue weighted by Crippen LogP contribution is 2.23. The molecule has 2 rings (SSSR count). The lowest BCUT2D eigenvalue weighted by atomic mass is 10.0. The van der Waals surface area contributed by atoms with Gasteiger partial charge in [-0.05, 0) is 43.9 Å². The third-order valence-electron chi connectivity index (χ3n) is 5.93. The Morgan fingerprint density at radius 3 is 2.00 bits per heavy atom. The maximum atomic E-state index is 13.0. The molecular formula is C21H36N4O5. The number of amides is 3. The van der Waals surface area contributed by atoms with Crippen molar-refractivity contribution >= 4 is 23.7 Å². The second-order valence-electron chi connectivity index (χ2n) is 9.18. The van der Waals surface area contributed by atoms with Crippen molar-refractivity contribution in [3.8, 4) is 0 Å². The number of nitrogens with two attached hydrogens (primary N) is 1. The molecule has 170 valence electrons. The number of carbonyl (C=O) groups excluding carboxylic acids is 3. The topological polar surface area (TPSA) is 133 Å². The summed E-state index contributed by atoms with van der Waals surface area (Å²) in [6.45, 7) is 8.44. The van der Waals surface area contributed by atoms with Crippen molar-refractivity contribution in [3.63, 3.8) is 0 Å². The second-order valence-corrected chi connectivity index (χ2v) is 9.18. The Kier molecular flexibility index (Phi) is 8.23. The van der Waals surface area contributed by atoms with Gasteiger partial charge in [0.2, 0.25) is 17.7 Å². The lowest BCUT2D eigenvalue weighted by molar-refractivity contribution is -0.150. The predicted octanol–water partition coefficient (Wildman–Crippen LogP) is 0.567. The van der Waals surface area contributed by atoms with Crippen LogP contribution in [0, 0.1) is 11.8 Å². The molecule has 2 saturated heterocycles. The Morgan fingerprint density at radius 2 is 1.50 bits per heavy atom. The molecule has 0 radical (unpaired) electrons. The standard InChI is InChI=1S/C21H36N4O5/c1-12(2)11-14(22)19(27)24-9-5-7-15(24)18(26)23-17(13(3)4)20(28)25-10-6-8-16(25)21(29)30/h12-17H,5-11,22H2,1-4H3,(H,23,26)(H,29,30)/t14-,15-,16-,17-/m0/s1. The number of aliphatic carboxylic acids is 1. The lowest BCUT2D eigenvalue weighted by Crippen LogP contribution is -2.58. The molecule has 4 N–H and O–H groups in total. The van der Waals surface area contributed by atoms with Gasteiger partial charge in [-0.25, -0.2) is 4.79 Å². The van der Waals surface area contributed by atoms with Crippen molar-refractivity contribution in [1.29, 1.82) is 0 Å². The summed E-state index contributed by atoms with van der Waals surface area (Å²) < 4.78 is 0. The number of carboxylic acid groups (broad SMARTS) is 1. The fourth-order valence-electron chi connectivity index (χ4n) is 4.35. The molecule has 3 amide bonds. The Balaban J connectivity index is 2.09. The van der Waals surface area contributed by atoms with Crippen LogP contribution in [0.15, 0.2) is 0 Å². The van der Waals surface area contributed by atoms with Crippen LogP contribution in [0.4, 0.5) is 0 Å². The van der Waals surface area contributed by atoms with E-state index in [0.717, 1.165) is 0 Å². The molecule has 4 atom stereocenters. The Labute approximate surface area is 178 Å². The molecule has 9 heteroatoms. The number of carbonyl (C=O) groups is 4.